The fraction of sp³-hybridized carbons (Fsp3) is 0.538. The largest absolute Gasteiger partial charge is 0.492 e. The topological polar surface area (TPSA) is 149 Å². The van der Waals surface area contributed by atoms with Gasteiger partial charge in [0.1, 0.15) is 17.9 Å². The zero-order chi connectivity index (χ0) is 26.2. The summed E-state index contributed by atoms with van der Waals surface area (Å²) in [4.78, 5) is 37.3. The molecule has 1 aliphatic heterocycles. The summed E-state index contributed by atoms with van der Waals surface area (Å²) >= 11 is 0. The highest BCUT2D eigenvalue weighted by atomic mass is 16.5. The number of carbonyl (C=O) groups is 1. The zero-order valence-electron chi connectivity index (χ0n) is 21.3. The van der Waals surface area contributed by atoms with Gasteiger partial charge in [0, 0.05) is 13.1 Å². The van der Waals surface area contributed by atoms with Crippen molar-refractivity contribution in [2.24, 2.45) is 5.92 Å². The van der Waals surface area contributed by atoms with Crippen LogP contribution in [0.4, 0.5) is 5.82 Å². The van der Waals surface area contributed by atoms with Gasteiger partial charge in [0.15, 0.2) is 11.5 Å². The van der Waals surface area contributed by atoms with Crippen molar-refractivity contribution in [1.82, 2.24) is 24.4 Å². The fourth-order valence-electron chi connectivity index (χ4n) is 4.63. The summed E-state index contributed by atoms with van der Waals surface area (Å²) in [7, 11) is 0. The monoisotopic (exact) mass is 512 g/mol. The number of ether oxygens (including phenoxy) is 2. The van der Waals surface area contributed by atoms with Gasteiger partial charge in [-0.05, 0) is 62.4 Å². The molecule has 4 rings (SSSR count). The third-order valence-electron chi connectivity index (χ3n) is 6.76. The van der Waals surface area contributed by atoms with Crippen LogP contribution < -0.4 is 20.9 Å². The molecule has 0 amide bonds. The second-order valence-electron chi connectivity index (χ2n) is 9.51. The van der Waals surface area contributed by atoms with Crippen molar-refractivity contribution in [3.63, 3.8) is 0 Å². The van der Waals surface area contributed by atoms with E-state index in [1.807, 2.05) is 12.1 Å². The van der Waals surface area contributed by atoms with E-state index in [2.05, 4.69) is 26.8 Å². The SMILES string of the molecule is CCCCOc1nc(N)c2[nH]c(=O)n(CCC3CCN(CCOc4cccc(CC(=O)O)c4)CC3)c2n1. The molecule has 1 aliphatic rings. The number of carboxylic acids is 1. The van der Waals surface area contributed by atoms with Crippen LogP contribution in [0.15, 0.2) is 29.1 Å². The minimum absolute atomic E-state index is 0.0103. The molecular formula is C26H36N6O5. The molecule has 0 saturated carbocycles. The van der Waals surface area contributed by atoms with Crippen molar-refractivity contribution < 1.29 is 19.4 Å². The first kappa shape index (κ1) is 26.5. The van der Waals surface area contributed by atoms with E-state index in [9.17, 15) is 9.59 Å². The summed E-state index contributed by atoms with van der Waals surface area (Å²) in [6.07, 6.45) is 4.86. The molecule has 0 radical (unpaired) electrons. The van der Waals surface area contributed by atoms with Crippen LogP contribution >= 0.6 is 0 Å². The smallest absolute Gasteiger partial charge is 0.327 e. The molecule has 11 nitrogen and oxygen atoms in total. The Labute approximate surface area is 215 Å². The van der Waals surface area contributed by atoms with Gasteiger partial charge in [-0.3, -0.25) is 14.3 Å². The highest BCUT2D eigenvalue weighted by molar-refractivity contribution is 5.81. The summed E-state index contributed by atoms with van der Waals surface area (Å²) in [5.41, 5.74) is 7.49. The molecule has 0 atom stereocenters. The number of nitrogens with one attached hydrogen (secondary N) is 1. The molecule has 0 spiro atoms. The Balaban J connectivity index is 1.24. The number of anilines is 1. The molecule has 4 N–H and O–H groups in total. The van der Waals surface area contributed by atoms with Gasteiger partial charge in [-0.2, -0.15) is 9.97 Å². The van der Waals surface area contributed by atoms with Crippen LogP contribution in [0, 0.1) is 5.92 Å². The molecular weight excluding hydrogens is 476 g/mol. The minimum atomic E-state index is -0.854. The maximum absolute atomic E-state index is 12.6. The molecule has 1 saturated heterocycles. The number of H-pyrrole nitrogens is 1. The number of aryl methyl sites for hydroxylation is 1. The van der Waals surface area contributed by atoms with Crippen LogP contribution in [-0.2, 0) is 17.8 Å². The van der Waals surface area contributed by atoms with E-state index in [0.29, 0.717) is 42.6 Å². The Kier molecular flexibility index (Phi) is 8.99. The van der Waals surface area contributed by atoms with Crippen molar-refractivity contribution >= 4 is 23.0 Å². The molecule has 1 aromatic carbocycles. The van der Waals surface area contributed by atoms with E-state index in [0.717, 1.165) is 57.3 Å². The molecule has 3 heterocycles. The van der Waals surface area contributed by atoms with Crippen LogP contribution in [0.2, 0.25) is 0 Å². The van der Waals surface area contributed by atoms with Gasteiger partial charge in [-0.1, -0.05) is 25.5 Å². The lowest BCUT2D eigenvalue weighted by atomic mass is 9.93. The lowest BCUT2D eigenvalue weighted by molar-refractivity contribution is -0.136. The van der Waals surface area contributed by atoms with E-state index in [4.69, 9.17) is 20.3 Å². The quantitative estimate of drug-likeness (QED) is 0.294. The van der Waals surface area contributed by atoms with Gasteiger partial charge in [-0.15, -0.1) is 0 Å². The van der Waals surface area contributed by atoms with Gasteiger partial charge in [-0.25, -0.2) is 4.79 Å². The van der Waals surface area contributed by atoms with Gasteiger partial charge in [0.25, 0.3) is 0 Å². The summed E-state index contributed by atoms with van der Waals surface area (Å²) < 4.78 is 13.1. The van der Waals surface area contributed by atoms with Crippen LogP contribution in [0.3, 0.4) is 0 Å². The Bertz CT molecular complexity index is 1250. The number of aromatic amines is 1. The second-order valence-corrected chi connectivity index (χ2v) is 9.51. The van der Waals surface area contributed by atoms with Crippen LogP contribution in [-0.4, -0.2) is 68.3 Å². The molecule has 1 fully saturated rings. The first-order valence-electron chi connectivity index (χ1n) is 13.0. The van der Waals surface area contributed by atoms with Crippen LogP contribution in [0.1, 0.15) is 44.6 Å². The number of hydrogen-bond donors (Lipinski definition) is 3. The van der Waals surface area contributed by atoms with Gasteiger partial charge >= 0.3 is 17.7 Å². The maximum Gasteiger partial charge on any atom is 0.327 e. The van der Waals surface area contributed by atoms with E-state index in [1.165, 1.54) is 0 Å². The Morgan fingerprint density at radius 3 is 2.76 bits per heavy atom. The summed E-state index contributed by atoms with van der Waals surface area (Å²) in [5.74, 6) is 0.576. The molecule has 2 aromatic heterocycles. The number of unbranched alkanes of at least 4 members (excludes halogenated alkanes) is 1. The average molecular weight is 513 g/mol. The van der Waals surface area contributed by atoms with Gasteiger partial charge in [0.2, 0.25) is 0 Å². The van der Waals surface area contributed by atoms with Crippen LogP contribution in [0.25, 0.3) is 11.2 Å². The highest BCUT2D eigenvalue weighted by Gasteiger charge is 2.21. The second kappa shape index (κ2) is 12.6. The molecule has 37 heavy (non-hydrogen) atoms. The van der Waals surface area contributed by atoms with E-state index < -0.39 is 5.97 Å². The predicted molar refractivity (Wildman–Crippen MR) is 140 cm³/mol. The molecule has 11 heteroatoms. The number of rotatable bonds is 13. The van der Waals surface area contributed by atoms with Crippen molar-refractivity contribution in [3.8, 4) is 11.8 Å². The Morgan fingerprint density at radius 2 is 2.00 bits per heavy atom. The first-order valence-corrected chi connectivity index (χ1v) is 13.0. The molecule has 0 unspecified atom stereocenters. The Morgan fingerprint density at radius 1 is 1.19 bits per heavy atom. The number of piperidine rings is 1. The van der Waals surface area contributed by atoms with Crippen molar-refractivity contribution in [2.45, 2.75) is 52.0 Å². The molecule has 200 valence electrons. The number of hydrogen-bond acceptors (Lipinski definition) is 8. The number of nitrogen functional groups attached to an aromatic ring is 1. The number of imidazole rings is 1. The van der Waals surface area contributed by atoms with Gasteiger partial charge < -0.3 is 25.3 Å². The van der Waals surface area contributed by atoms with Gasteiger partial charge in [0.05, 0.1) is 13.0 Å². The van der Waals surface area contributed by atoms with E-state index in [-0.39, 0.29) is 23.9 Å². The lowest BCUT2D eigenvalue weighted by Crippen LogP contribution is -2.36. The summed E-state index contributed by atoms with van der Waals surface area (Å²) in [6.45, 7) is 6.46. The maximum atomic E-state index is 12.6. The minimum Gasteiger partial charge on any atom is -0.492 e. The normalized spacial score (nSPS) is 14.7. The predicted octanol–water partition coefficient (Wildman–Crippen LogP) is 2.69. The third-order valence-corrected chi connectivity index (χ3v) is 6.76. The highest BCUT2D eigenvalue weighted by Crippen LogP contribution is 2.23. The zero-order valence-corrected chi connectivity index (χ0v) is 21.3. The van der Waals surface area contributed by atoms with Crippen LogP contribution in [0.5, 0.6) is 11.8 Å². The van der Waals surface area contributed by atoms with E-state index >= 15 is 0 Å². The number of nitrogens with zero attached hydrogens (tertiary/aromatic N) is 4. The number of fused-ring (bicyclic) bond motifs is 1. The molecule has 0 bridgehead atoms. The number of carboxylic acid groups (broad SMARTS) is 1. The lowest BCUT2D eigenvalue weighted by Gasteiger charge is -2.31. The number of aromatic nitrogens is 4. The Hall–Kier alpha value is -3.60. The third kappa shape index (κ3) is 7.22. The fourth-order valence-corrected chi connectivity index (χ4v) is 4.63. The van der Waals surface area contributed by atoms with E-state index in [1.54, 1.807) is 16.7 Å². The molecule has 0 aliphatic carbocycles. The number of aliphatic carboxylic acids is 1. The average Bonchev–Trinajstić information content (AvgIpc) is 3.19. The number of benzene rings is 1. The standard InChI is InChI=1S/C26H36N6O5/c1-2-3-14-37-25-29-23(27)22-24(30-25)32(26(35)28-22)12-9-18-7-10-31(11-8-18)13-15-36-20-6-4-5-19(16-20)17-21(33)34/h4-6,16,18H,2-3,7-15,17H2,1H3,(H,28,35)(H,33,34)(H2,27,29,30). The van der Waals surface area contributed by atoms with Crippen molar-refractivity contribution in [1.29, 1.82) is 0 Å². The van der Waals surface area contributed by atoms with Crippen molar-refractivity contribution in [2.75, 3.05) is 38.6 Å². The number of likely N-dealkylation sites (tertiary alicyclic amines) is 1. The molecule has 3 aromatic rings. The number of nitrogens with two attached hydrogens (primary N) is 1. The summed E-state index contributed by atoms with van der Waals surface area (Å²) in [6, 6.07) is 7.45. The summed E-state index contributed by atoms with van der Waals surface area (Å²) in [5, 5.41) is 8.95. The first-order chi connectivity index (χ1) is 17.9. The van der Waals surface area contributed by atoms with Crippen molar-refractivity contribution in [3.05, 3.63) is 40.3 Å².